The monoisotopic (exact) mass is 876 g/mol. The Hall–Kier alpha value is -4.57. The molecule has 8 rings (SSSR count). The van der Waals surface area contributed by atoms with E-state index in [1.165, 1.54) is 42.7 Å². The van der Waals surface area contributed by atoms with Gasteiger partial charge in [0, 0.05) is 66.5 Å². The molecule has 52 heavy (non-hydrogen) atoms. The molecule has 0 amide bonds. The maximum atomic E-state index is 8.84. The number of aromatic nitrogens is 2. The minimum Gasteiger partial charge on any atom is -0.497 e. The second-order valence-corrected chi connectivity index (χ2v) is 14.6. The molecule has 1 radical (unpaired) electrons. The summed E-state index contributed by atoms with van der Waals surface area (Å²) in [4.78, 5) is 8.68. The zero-order valence-electron chi connectivity index (χ0n) is 42.7. The van der Waals surface area contributed by atoms with E-state index in [0.717, 1.165) is 27.1 Å². The molecule has 4 aromatic carbocycles. The van der Waals surface area contributed by atoms with E-state index in [9.17, 15) is 0 Å². The fourth-order valence-electron chi connectivity index (χ4n) is 5.96. The summed E-state index contributed by atoms with van der Waals surface area (Å²) in [7, 11) is 0. The van der Waals surface area contributed by atoms with Crippen LogP contribution in [-0.2, 0) is 32.9 Å². The molecule has 0 aliphatic carbocycles. The Labute approximate surface area is 339 Å². The molecule has 0 fully saturated rings. The maximum Gasteiger partial charge on any atom is 0.177 e. The van der Waals surface area contributed by atoms with E-state index >= 15 is 0 Å². The van der Waals surface area contributed by atoms with Crippen molar-refractivity contribution in [2.24, 2.45) is 10.8 Å². The Kier molecular flexibility index (Phi) is 6.64. The van der Waals surface area contributed by atoms with Crippen molar-refractivity contribution in [2.75, 3.05) is 0 Å². The minimum atomic E-state index is -2.52. The summed E-state index contributed by atoms with van der Waals surface area (Å²) in [6, 6.07) is 28.7. The molecule has 0 aliphatic heterocycles. The number of aryl methyl sites for hydroxylation is 3. The first-order valence-electron chi connectivity index (χ1n) is 23.1. The zero-order valence-corrected chi connectivity index (χ0v) is 32.1. The van der Waals surface area contributed by atoms with Crippen molar-refractivity contribution in [3.05, 3.63) is 131 Å². The zero-order chi connectivity index (χ0) is 47.2. The largest absolute Gasteiger partial charge is 0.497 e. The summed E-state index contributed by atoms with van der Waals surface area (Å²) in [5.41, 5.74) is 2.56. The van der Waals surface area contributed by atoms with Gasteiger partial charge in [0.05, 0.1) is 5.58 Å². The fraction of sp³-hybridized carbons (Fsp3) is 0.277. The molecule has 4 heterocycles. The topological polar surface area (TPSA) is 52.1 Å². The summed E-state index contributed by atoms with van der Waals surface area (Å²) < 4.78 is 117. The van der Waals surface area contributed by atoms with Gasteiger partial charge in [-0.2, -0.15) is 0 Å². The van der Waals surface area contributed by atoms with Crippen molar-refractivity contribution >= 4 is 43.9 Å². The van der Waals surface area contributed by atoms with Gasteiger partial charge in [-0.15, -0.1) is 53.6 Å². The third-order valence-electron chi connectivity index (χ3n) is 8.12. The molecule has 0 aliphatic rings. The van der Waals surface area contributed by atoms with Crippen LogP contribution in [0.2, 0.25) is 0 Å². The molecule has 267 valence electrons. The normalized spacial score (nSPS) is 16.9. The van der Waals surface area contributed by atoms with Crippen molar-refractivity contribution in [2.45, 2.75) is 74.8 Å². The molecule has 0 saturated carbocycles. The fourth-order valence-corrected chi connectivity index (χ4v) is 5.96. The van der Waals surface area contributed by atoms with Crippen LogP contribution in [0, 0.1) is 43.5 Å². The Morgan fingerprint density at radius 3 is 2.06 bits per heavy atom. The molecule has 0 spiro atoms. The molecular weight excluding hydrogens is 817 g/mol. The summed E-state index contributed by atoms with van der Waals surface area (Å²) in [5.74, 6) is 0. The first-order chi connectivity index (χ1) is 29.4. The van der Waals surface area contributed by atoms with Gasteiger partial charge in [-0.05, 0) is 71.9 Å². The van der Waals surface area contributed by atoms with Crippen molar-refractivity contribution < 1.29 is 46.8 Å². The van der Waals surface area contributed by atoms with E-state index in [2.05, 4.69) is 22.1 Å². The van der Waals surface area contributed by atoms with Gasteiger partial charge in [-0.3, -0.25) is 0 Å². The van der Waals surface area contributed by atoms with Crippen LogP contribution in [0.5, 0.6) is 0 Å². The second-order valence-electron chi connectivity index (χ2n) is 14.6. The van der Waals surface area contributed by atoms with Crippen LogP contribution >= 0.6 is 0 Å². The predicted molar refractivity (Wildman–Crippen MR) is 212 cm³/mol. The molecule has 0 N–H and O–H groups in total. The number of nitrogens with zero attached hydrogens (tertiary/aromatic N) is 2. The Morgan fingerprint density at radius 1 is 0.654 bits per heavy atom. The van der Waals surface area contributed by atoms with Crippen LogP contribution < -0.4 is 0 Å². The van der Waals surface area contributed by atoms with E-state index in [1.54, 1.807) is 47.6 Å². The van der Waals surface area contributed by atoms with E-state index in [1.807, 2.05) is 42.5 Å². The Bertz CT molecular complexity index is 3040. The van der Waals surface area contributed by atoms with Gasteiger partial charge >= 0.3 is 0 Å². The number of pyridine rings is 2. The van der Waals surface area contributed by atoms with E-state index in [0.29, 0.717) is 39.3 Å². The van der Waals surface area contributed by atoms with Gasteiger partial charge < -0.3 is 18.8 Å². The van der Waals surface area contributed by atoms with Gasteiger partial charge in [-0.1, -0.05) is 107 Å². The summed E-state index contributed by atoms with van der Waals surface area (Å²) in [6.07, 6.45) is -1.32. The molecule has 0 saturated heterocycles. The van der Waals surface area contributed by atoms with Crippen LogP contribution in [0.3, 0.4) is 0 Å². The van der Waals surface area contributed by atoms with Crippen molar-refractivity contribution in [3.8, 4) is 22.5 Å². The first kappa shape index (κ1) is 23.9. The third kappa shape index (κ3) is 7.77. The standard InChI is InChI=1S/C29H24NO2.C18H22N.Ir/c1-17-16-30-24(14-18(17)15-29(2,3)4)23-10-7-9-20-22-13-12-21-19-8-5-6-11-25(19)31-27(21)28(22)32-26(20)23;1-13-6-8-15(9-7-13)17-10-14(2)16(12-19-17)11-18(3,4)5;/h5-9,11-14,16H,15H2,1-4H3;6-8,10,12H,11H2,1-5H3;/q2*-1;/i1D3,15D2;1D3,2D3,11D2;. The summed E-state index contributed by atoms with van der Waals surface area (Å²) in [6.45, 7) is 3.07. The van der Waals surface area contributed by atoms with Gasteiger partial charge in [0.25, 0.3) is 0 Å². The van der Waals surface area contributed by atoms with Crippen molar-refractivity contribution in [1.29, 1.82) is 0 Å². The van der Waals surface area contributed by atoms with E-state index in [-0.39, 0.29) is 47.9 Å². The smallest absolute Gasteiger partial charge is 0.177 e. The van der Waals surface area contributed by atoms with Crippen LogP contribution in [0.25, 0.3) is 66.4 Å². The number of hydrogen-bond donors (Lipinski definition) is 0. The summed E-state index contributed by atoms with van der Waals surface area (Å²) >= 11 is 0. The number of rotatable bonds is 4. The van der Waals surface area contributed by atoms with Crippen LogP contribution in [0.4, 0.5) is 0 Å². The molecule has 8 aromatic rings. The number of fused-ring (bicyclic) bond motifs is 7. The van der Waals surface area contributed by atoms with Crippen molar-refractivity contribution in [3.63, 3.8) is 0 Å². The van der Waals surface area contributed by atoms with Gasteiger partial charge in [0.2, 0.25) is 0 Å². The minimum absolute atomic E-state index is 0. The third-order valence-corrected chi connectivity index (χ3v) is 8.12. The Balaban J connectivity index is 0.000000224. The molecular formula is C47H46IrN2O2-2. The average molecular weight is 876 g/mol. The second kappa shape index (κ2) is 14.5. The number of hydrogen-bond acceptors (Lipinski definition) is 4. The maximum absolute atomic E-state index is 8.84. The van der Waals surface area contributed by atoms with E-state index in [4.69, 9.17) is 26.7 Å². The molecule has 0 unspecified atom stereocenters. The molecule has 4 aromatic heterocycles. The number of benzene rings is 4. The quantitative estimate of drug-likeness (QED) is 0.165. The van der Waals surface area contributed by atoms with Crippen molar-refractivity contribution in [1.82, 2.24) is 9.97 Å². The van der Waals surface area contributed by atoms with Gasteiger partial charge in [0.1, 0.15) is 5.58 Å². The van der Waals surface area contributed by atoms with Crippen LogP contribution in [0.15, 0.2) is 100 Å². The molecule has 5 heteroatoms. The van der Waals surface area contributed by atoms with E-state index < -0.39 is 44.1 Å². The van der Waals surface area contributed by atoms with Gasteiger partial charge in [-0.25, -0.2) is 0 Å². The summed E-state index contributed by atoms with van der Waals surface area (Å²) in [5, 5.41) is 3.67. The molecule has 0 atom stereocenters. The number of para-hydroxylation sites is 1. The number of furan rings is 2. The predicted octanol–water partition coefficient (Wildman–Crippen LogP) is 13.0. The average Bonchev–Trinajstić information content (AvgIpc) is 3.78. The van der Waals surface area contributed by atoms with Crippen LogP contribution in [-0.4, -0.2) is 9.97 Å². The molecule has 4 nitrogen and oxygen atoms in total. The Morgan fingerprint density at radius 2 is 1.35 bits per heavy atom. The van der Waals surface area contributed by atoms with Gasteiger partial charge in [0.15, 0.2) is 11.2 Å². The molecule has 0 bridgehead atoms. The first-order valence-corrected chi connectivity index (χ1v) is 16.6. The SMILES string of the molecule is [2H]C([2H])([2H])c1c[c-]c(-c2cc(C([2H])([2H])[2H])c(C([2H])([2H])C(C)(C)C)cn2)cc1.[2H]C([2H])([2H])c1cnc(-c2[c-]ccc3c2oc2c3ccc3c4ccccc4oc32)cc1C([2H])([2H])C(C)(C)C.[Ir]. The van der Waals surface area contributed by atoms with Crippen LogP contribution in [0.1, 0.15) is 87.2 Å².